The highest BCUT2D eigenvalue weighted by molar-refractivity contribution is 5.95. The van der Waals surface area contributed by atoms with Crippen LogP contribution in [-0.4, -0.2) is 41.4 Å². The number of anilines is 1. The molecule has 1 unspecified atom stereocenters. The van der Waals surface area contributed by atoms with Crippen molar-refractivity contribution < 1.29 is 19.5 Å². The summed E-state index contributed by atoms with van der Waals surface area (Å²) in [5, 5.41) is 11.5. The zero-order chi connectivity index (χ0) is 16.1. The van der Waals surface area contributed by atoms with Gasteiger partial charge in [-0.05, 0) is 30.5 Å². The van der Waals surface area contributed by atoms with Crippen molar-refractivity contribution in [3.05, 3.63) is 29.8 Å². The van der Waals surface area contributed by atoms with Gasteiger partial charge in [0.25, 0.3) is 0 Å². The second-order valence-corrected chi connectivity index (χ2v) is 5.58. The van der Waals surface area contributed by atoms with Gasteiger partial charge >= 0.3 is 5.97 Å². The summed E-state index contributed by atoms with van der Waals surface area (Å²) in [6.45, 7) is 0.602. The Morgan fingerprint density at radius 2 is 2.00 bits per heavy atom. The number of carboxylic acids is 1. The summed E-state index contributed by atoms with van der Waals surface area (Å²) in [6, 6.07) is 7.12. The molecule has 1 heterocycles. The number of aryl methyl sites for hydroxylation is 1. The third-order valence-corrected chi connectivity index (χ3v) is 3.88. The molecule has 6 nitrogen and oxygen atoms in total. The third-order valence-electron chi connectivity index (χ3n) is 3.88. The lowest BCUT2D eigenvalue weighted by Crippen LogP contribution is -2.39. The first kappa shape index (κ1) is 16.0. The van der Waals surface area contributed by atoms with Crippen LogP contribution >= 0.6 is 0 Å². The molecule has 2 rings (SSSR count). The van der Waals surface area contributed by atoms with Crippen molar-refractivity contribution >= 4 is 23.5 Å². The van der Waals surface area contributed by atoms with Crippen LogP contribution in [0.1, 0.15) is 24.8 Å². The number of hydrogen-bond acceptors (Lipinski definition) is 3. The van der Waals surface area contributed by atoms with E-state index in [1.807, 2.05) is 0 Å². The largest absolute Gasteiger partial charge is 0.481 e. The lowest BCUT2D eigenvalue weighted by molar-refractivity contribution is -0.137. The van der Waals surface area contributed by atoms with Crippen molar-refractivity contribution in [2.45, 2.75) is 25.7 Å². The Kier molecular flexibility index (Phi) is 5.14. The Morgan fingerprint density at radius 3 is 2.59 bits per heavy atom. The van der Waals surface area contributed by atoms with Crippen molar-refractivity contribution in [2.24, 2.45) is 5.92 Å². The fourth-order valence-corrected chi connectivity index (χ4v) is 2.42. The number of nitrogens with zero attached hydrogens (tertiary/aromatic N) is 1. The second kappa shape index (κ2) is 7.06. The predicted molar refractivity (Wildman–Crippen MR) is 81.4 cm³/mol. The quantitative estimate of drug-likeness (QED) is 0.863. The fraction of sp³-hybridized carbons (Fsp3) is 0.438. The van der Waals surface area contributed by atoms with Gasteiger partial charge in [-0.3, -0.25) is 14.4 Å². The summed E-state index contributed by atoms with van der Waals surface area (Å²) >= 11 is 0. The van der Waals surface area contributed by atoms with Crippen LogP contribution < -0.4 is 5.32 Å². The van der Waals surface area contributed by atoms with E-state index in [-0.39, 0.29) is 30.6 Å². The molecule has 1 fully saturated rings. The maximum absolute atomic E-state index is 12.2. The number of likely N-dealkylation sites (tertiary alicyclic amines) is 1. The van der Waals surface area contributed by atoms with E-state index in [9.17, 15) is 14.4 Å². The molecule has 0 aromatic heterocycles. The summed E-state index contributed by atoms with van der Waals surface area (Å²) in [4.78, 5) is 36.0. The molecular formula is C16H20N2O4. The van der Waals surface area contributed by atoms with E-state index in [2.05, 4.69) is 5.32 Å². The maximum Gasteiger partial charge on any atom is 0.303 e. The number of carbonyl (C=O) groups excluding carboxylic acids is 2. The molecule has 1 aromatic rings. The van der Waals surface area contributed by atoms with Gasteiger partial charge in [0.15, 0.2) is 0 Å². The highest BCUT2D eigenvalue weighted by Crippen LogP contribution is 2.20. The monoisotopic (exact) mass is 304 g/mol. The van der Waals surface area contributed by atoms with Crippen LogP contribution in [0.3, 0.4) is 0 Å². The lowest BCUT2D eigenvalue weighted by atomic mass is 9.95. The standard InChI is InChI=1S/C16H20N2O4/c1-18-9-8-12(10-14(18)19)16(22)17-13-5-2-11(3-6-13)4-7-15(20)21/h2-3,5-6,12H,4,7-10H2,1H3,(H,17,22)(H,20,21). The lowest BCUT2D eigenvalue weighted by Gasteiger charge is -2.27. The summed E-state index contributed by atoms with van der Waals surface area (Å²) in [6.07, 6.45) is 1.47. The van der Waals surface area contributed by atoms with E-state index < -0.39 is 5.97 Å². The molecular weight excluding hydrogens is 284 g/mol. The van der Waals surface area contributed by atoms with Gasteiger partial charge in [-0.2, -0.15) is 0 Å². The van der Waals surface area contributed by atoms with Gasteiger partial charge in [0.05, 0.1) is 0 Å². The molecule has 0 bridgehead atoms. The van der Waals surface area contributed by atoms with Crippen molar-refractivity contribution in [1.29, 1.82) is 0 Å². The van der Waals surface area contributed by atoms with E-state index in [0.29, 0.717) is 25.1 Å². The average Bonchev–Trinajstić information content (AvgIpc) is 2.49. The van der Waals surface area contributed by atoms with Crippen LogP contribution in [0.4, 0.5) is 5.69 Å². The predicted octanol–water partition coefficient (Wildman–Crippen LogP) is 1.51. The van der Waals surface area contributed by atoms with Crippen molar-refractivity contribution in [3.63, 3.8) is 0 Å². The van der Waals surface area contributed by atoms with Crippen molar-refractivity contribution in [3.8, 4) is 0 Å². The molecule has 1 aliphatic heterocycles. The molecule has 0 radical (unpaired) electrons. The minimum atomic E-state index is -0.829. The SMILES string of the molecule is CN1CCC(C(=O)Nc2ccc(CCC(=O)O)cc2)CC1=O. The normalized spacial score (nSPS) is 18.1. The molecule has 2 N–H and O–H groups in total. The number of piperidine rings is 1. The first-order chi connectivity index (χ1) is 10.5. The van der Waals surface area contributed by atoms with Crippen LogP contribution in [0.5, 0.6) is 0 Å². The molecule has 0 aliphatic carbocycles. The Bertz CT molecular complexity index is 568. The molecule has 118 valence electrons. The average molecular weight is 304 g/mol. The number of benzene rings is 1. The van der Waals surface area contributed by atoms with Crippen molar-refractivity contribution in [2.75, 3.05) is 18.9 Å². The number of rotatable bonds is 5. The van der Waals surface area contributed by atoms with Gasteiger partial charge in [0, 0.05) is 38.0 Å². The number of nitrogens with one attached hydrogen (secondary N) is 1. The van der Waals surface area contributed by atoms with Gasteiger partial charge in [0.2, 0.25) is 11.8 Å². The summed E-state index contributed by atoms with van der Waals surface area (Å²) in [5.41, 5.74) is 1.57. The Balaban J connectivity index is 1.89. The third kappa shape index (κ3) is 4.31. The fourth-order valence-electron chi connectivity index (χ4n) is 2.42. The highest BCUT2D eigenvalue weighted by Gasteiger charge is 2.28. The molecule has 22 heavy (non-hydrogen) atoms. The smallest absolute Gasteiger partial charge is 0.303 e. The Morgan fingerprint density at radius 1 is 1.32 bits per heavy atom. The maximum atomic E-state index is 12.2. The zero-order valence-electron chi connectivity index (χ0n) is 12.5. The van der Waals surface area contributed by atoms with E-state index in [1.165, 1.54) is 0 Å². The first-order valence-electron chi connectivity index (χ1n) is 7.31. The van der Waals surface area contributed by atoms with Crippen LogP contribution in [0, 0.1) is 5.92 Å². The van der Waals surface area contributed by atoms with Gasteiger partial charge in [0.1, 0.15) is 0 Å². The summed E-state index contributed by atoms with van der Waals surface area (Å²) in [5.74, 6) is -1.25. The number of hydrogen-bond donors (Lipinski definition) is 2. The number of amides is 2. The topological polar surface area (TPSA) is 86.7 Å². The molecule has 1 atom stereocenters. The minimum absolute atomic E-state index is 0.00424. The number of aliphatic carboxylic acids is 1. The Labute approximate surface area is 129 Å². The van der Waals surface area contributed by atoms with E-state index in [4.69, 9.17) is 5.11 Å². The van der Waals surface area contributed by atoms with Gasteiger partial charge in [-0.25, -0.2) is 0 Å². The first-order valence-corrected chi connectivity index (χ1v) is 7.31. The van der Waals surface area contributed by atoms with Gasteiger partial charge in [-0.1, -0.05) is 12.1 Å². The second-order valence-electron chi connectivity index (χ2n) is 5.58. The highest BCUT2D eigenvalue weighted by atomic mass is 16.4. The van der Waals surface area contributed by atoms with E-state index >= 15 is 0 Å². The van der Waals surface area contributed by atoms with Crippen LogP contribution in [0.15, 0.2) is 24.3 Å². The van der Waals surface area contributed by atoms with E-state index in [1.54, 1.807) is 36.2 Å². The van der Waals surface area contributed by atoms with Crippen LogP contribution in [0.25, 0.3) is 0 Å². The molecule has 1 aromatic carbocycles. The molecule has 0 saturated carbocycles. The van der Waals surface area contributed by atoms with Crippen LogP contribution in [0.2, 0.25) is 0 Å². The minimum Gasteiger partial charge on any atom is -0.481 e. The van der Waals surface area contributed by atoms with Crippen LogP contribution in [-0.2, 0) is 20.8 Å². The Hall–Kier alpha value is -2.37. The molecule has 1 saturated heterocycles. The van der Waals surface area contributed by atoms with Gasteiger partial charge in [-0.15, -0.1) is 0 Å². The summed E-state index contributed by atoms with van der Waals surface area (Å²) < 4.78 is 0. The molecule has 1 aliphatic rings. The zero-order valence-corrected chi connectivity index (χ0v) is 12.5. The van der Waals surface area contributed by atoms with Gasteiger partial charge < -0.3 is 15.3 Å². The summed E-state index contributed by atoms with van der Waals surface area (Å²) in [7, 11) is 1.74. The van der Waals surface area contributed by atoms with Crippen molar-refractivity contribution in [1.82, 2.24) is 4.90 Å². The molecule has 0 spiro atoms. The molecule has 6 heteroatoms. The molecule has 2 amide bonds. The number of carboxylic acid groups (broad SMARTS) is 1. The van der Waals surface area contributed by atoms with E-state index in [0.717, 1.165) is 5.56 Å². The number of carbonyl (C=O) groups is 3.